The van der Waals surface area contributed by atoms with Crippen LogP contribution in [0.5, 0.6) is 0 Å². The predicted octanol–water partition coefficient (Wildman–Crippen LogP) is 1.82. The van der Waals surface area contributed by atoms with E-state index in [0.29, 0.717) is 18.1 Å². The maximum Gasteiger partial charge on any atom is 0.0704 e. The second-order valence-electron chi connectivity index (χ2n) is 4.85. The van der Waals surface area contributed by atoms with Gasteiger partial charge in [-0.05, 0) is 25.7 Å². The molecule has 0 saturated carbocycles. The number of hydrogen-bond donors (Lipinski definition) is 1. The Morgan fingerprint density at radius 3 is 2.67 bits per heavy atom. The van der Waals surface area contributed by atoms with Crippen molar-refractivity contribution in [2.45, 2.75) is 45.8 Å². The summed E-state index contributed by atoms with van der Waals surface area (Å²) in [5.74, 6) is 0.613. The summed E-state index contributed by atoms with van der Waals surface area (Å²) in [5.41, 5.74) is 0. The van der Waals surface area contributed by atoms with Gasteiger partial charge >= 0.3 is 0 Å². The molecule has 0 aromatic rings. The Morgan fingerprint density at radius 1 is 1.27 bits per heavy atom. The van der Waals surface area contributed by atoms with E-state index in [1.807, 2.05) is 0 Å². The van der Waals surface area contributed by atoms with Gasteiger partial charge in [-0.3, -0.25) is 0 Å². The van der Waals surface area contributed by atoms with Crippen molar-refractivity contribution >= 4 is 0 Å². The lowest BCUT2D eigenvalue weighted by Gasteiger charge is -2.27. The van der Waals surface area contributed by atoms with E-state index in [2.05, 4.69) is 26.1 Å². The second-order valence-corrected chi connectivity index (χ2v) is 4.85. The molecule has 1 heterocycles. The molecular formula is C12H25NO2. The molecule has 1 aliphatic heterocycles. The molecule has 1 fully saturated rings. The average Bonchev–Trinajstić information content (AvgIpc) is 2.20. The van der Waals surface area contributed by atoms with Crippen molar-refractivity contribution in [1.82, 2.24) is 5.32 Å². The molecule has 1 aliphatic rings. The Hall–Kier alpha value is -0.120. The third-order valence-electron chi connectivity index (χ3n) is 2.65. The zero-order valence-electron chi connectivity index (χ0n) is 10.3. The first-order valence-electron chi connectivity index (χ1n) is 6.11. The van der Waals surface area contributed by atoms with E-state index >= 15 is 0 Å². The molecule has 1 saturated heterocycles. The van der Waals surface area contributed by atoms with Gasteiger partial charge in [0.1, 0.15) is 0 Å². The number of nitrogens with one attached hydrogen (secondary N) is 1. The number of rotatable bonds is 6. The molecule has 15 heavy (non-hydrogen) atoms. The van der Waals surface area contributed by atoms with Gasteiger partial charge in [0.25, 0.3) is 0 Å². The van der Waals surface area contributed by atoms with Crippen molar-refractivity contribution < 1.29 is 9.47 Å². The van der Waals surface area contributed by atoms with E-state index in [1.165, 1.54) is 12.8 Å². The summed E-state index contributed by atoms with van der Waals surface area (Å²) in [6.07, 6.45) is 2.79. The van der Waals surface area contributed by atoms with Crippen LogP contribution in [0.1, 0.15) is 33.6 Å². The Morgan fingerprint density at radius 2 is 2.07 bits per heavy atom. The minimum Gasteiger partial charge on any atom is -0.379 e. The topological polar surface area (TPSA) is 30.5 Å². The molecule has 0 bridgehead atoms. The molecule has 0 spiro atoms. The highest BCUT2D eigenvalue weighted by molar-refractivity contribution is 4.74. The molecule has 0 aromatic heterocycles. The van der Waals surface area contributed by atoms with E-state index in [4.69, 9.17) is 9.47 Å². The molecule has 0 aliphatic carbocycles. The molecule has 1 N–H and O–H groups in total. The van der Waals surface area contributed by atoms with Crippen LogP contribution in [0.4, 0.5) is 0 Å². The number of piperidine rings is 1. The number of ether oxygens (including phenoxy) is 2. The molecule has 3 nitrogen and oxygen atoms in total. The van der Waals surface area contributed by atoms with Crippen molar-refractivity contribution in [3.8, 4) is 0 Å². The lowest BCUT2D eigenvalue weighted by atomic mass is 10.0. The third kappa shape index (κ3) is 6.13. The van der Waals surface area contributed by atoms with E-state index in [0.717, 1.165) is 26.4 Å². The van der Waals surface area contributed by atoms with Crippen molar-refractivity contribution in [2.24, 2.45) is 5.92 Å². The van der Waals surface area contributed by atoms with Crippen LogP contribution in [0.3, 0.4) is 0 Å². The maximum atomic E-state index is 5.73. The summed E-state index contributed by atoms with van der Waals surface area (Å²) in [6.45, 7) is 9.83. The Labute approximate surface area is 93.5 Å². The highest BCUT2D eigenvalue weighted by Gasteiger charge is 2.17. The fraction of sp³-hybridized carbons (Fsp3) is 1.00. The lowest BCUT2D eigenvalue weighted by Crippen LogP contribution is -2.41. The molecule has 0 radical (unpaired) electrons. The fourth-order valence-corrected chi connectivity index (χ4v) is 1.71. The minimum absolute atomic E-state index is 0.392. The van der Waals surface area contributed by atoms with E-state index in [9.17, 15) is 0 Å². The van der Waals surface area contributed by atoms with E-state index in [-0.39, 0.29) is 0 Å². The smallest absolute Gasteiger partial charge is 0.0704 e. The highest BCUT2D eigenvalue weighted by Crippen LogP contribution is 2.10. The zero-order valence-corrected chi connectivity index (χ0v) is 10.3. The van der Waals surface area contributed by atoms with Crippen LogP contribution in [0.15, 0.2) is 0 Å². The Bertz CT molecular complexity index is 154. The standard InChI is InChI=1S/C12H25NO2/c1-10(2)9-14-6-7-15-12-5-4-11(3)13-8-12/h10-13H,4-9H2,1-3H3. The van der Waals surface area contributed by atoms with E-state index < -0.39 is 0 Å². The van der Waals surface area contributed by atoms with Crippen molar-refractivity contribution in [3.05, 3.63) is 0 Å². The third-order valence-corrected chi connectivity index (χ3v) is 2.65. The van der Waals surface area contributed by atoms with Gasteiger partial charge in [-0.25, -0.2) is 0 Å². The van der Waals surface area contributed by atoms with Gasteiger partial charge in [0.05, 0.1) is 19.3 Å². The largest absolute Gasteiger partial charge is 0.379 e. The predicted molar refractivity (Wildman–Crippen MR) is 62.1 cm³/mol. The van der Waals surface area contributed by atoms with Gasteiger partial charge in [0.2, 0.25) is 0 Å². The van der Waals surface area contributed by atoms with Gasteiger partial charge in [-0.15, -0.1) is 0 Å². The molecule has 90 valence electrons. The highest BCUT2D eigenvalue weighted by atomic mass is 16.5. The Balaban J connectivity index is 1.91. The van der Waals surface area contributed by atoms with Gasteiger partial charge in [0.15, 0.2) is 0 Å². The zero-order chi connectivity index (χ0) is 11.1. The fourth-order valence-electron chi connectivity index (χ4n) is 1.71. The quantitative estimate of drug-likeness (QED) is 0.686. The van der Waals surface area contributed by atoms with Crippen LogP contribution in [-0.4, -0.2) is 38.5 Å². The van der Waals surface area contributed by atoms with Gasteiger partial charge in [-0.2, -0.15) is 0 Å². The molecule has 2 atom stereocenters. The van der Waals surface area contributed by atoms with Crippen molar-refractivity contribution in [1.29, 1.82) is 0 Å². The van der Waals surface area contributed by atoms with Crippen LogP contribution in [0.2, 0.25) is 0 Å². The van der Waals surface area contributed by atoms with Crippen LogP contribution in [0.25, 0.3) is 0 Å². The van der Waals surface area contributed by atoms with E-state index in [1.54, 1.807) is 0 Å². The van der Waals surface area contributed by atoms with Crippen molar-refractivity contribution in [2.75, 3.05) is 26.4 Å². The van der Waals surface area contributed by atoms with Crippen LogP contribution >= 0.6 is 0 Å². The molecule has 3 heteroatoms. The molecule has 0 amide bonds. The SMILES string of the molecule is CC(C)COCCOC1CCC(C)NC1. The molecule has 1 rings (SSSR count). The minimum atomic E-state index is 0.392. The summed E-state index contributed by atoms with van der Waals surface area (Å²) < 4.78 is 11.2. The van der Waals surface area contributed by atoms with Crippen LogP contribution in [-0.2, 0) is 9.47 Å². The summed E-state index contributed by atoms with van der Waals surface area (Å²) in [5, 5.41) is 3.43. The average molecular weight is 215 g/mol. The number of hydrogen-bond acceptors (Lipinski definition) is 3. The van der Waals surface area contributed by atoms with Crippen LogP contribution < -0.4 is 5.32 Å². The lowest BCUT2D eigenvalue weighted by molar-refractivity contribution is -0.0122. The summed E-state index contributed by atoms with van der Waals surface area (Å²) in [6, 6.07) is 0.655. The Kier molecular flexibility index (Phi) is 6.22. The molecule has 2 unspecified atom stereocenters. The van der Waals surface area contributed by atoms with Gasteiger partial charge in [-0.1, -0.05) is 13.8 Å². The first-order chi connectivity index (χ1) is 7.18. The first kappa shape index (κ1) is 12.9. The normalized spacial score (nSPS) is 27.2. The summed E-state index contributed by atoms with van der Waals surface area (Å²) >= 11 is 0. The first-order valence-corrected chi connectivity index (χ1v) is 6.11. The van der Waals surface area contributed by atoms with Gasteiger partial charge in [0, 0.05) is 19.2 Å². The summed E-state index contributed by atoms with van der Waals surface area (Å²) in [4.78, 5) is 0. The van der Waals surface area contributed by atoms with Crippen molar-refractivity contribution in [3.63, 3.8) is 0 Å². The second kappa shape index (κ2) is 7.20. The monoisotopic (exact) mass is 215 g/mol. The molecular weight excluding hydrogens is 190 g/mol. The summed E-state index contributed by atoms with van der Waals surface area (Å²) in [7, 11) is 0. The van der Waals surface area contributed by atoms with Gasteiger partial charge < -0.3 is 14.8 Å². The maximum absolute atomic E-state index is 5.73. The molecule has 0 aromatic carbocycles. The van der Waals surface area contributed by atoms with Crippen LogP contribution in [0, 0.1) is 5.92 Å².